The summed E-state index contributed by atoms with van der Waals surface area (Å²) in [6.45, 7) is 0.815. The highest BCUT2D eigenvalue weighted by atomic mass is 79.9. The Kier molecular flexibility index (Phi) is 4.15. The molecule has 1 heterocycles. The van der Waals surface area contributed by atoms with E-state index in [1.165, 1.54) is 0 Å². The lowest BCUT2D eigenvalue weighted by atomic mass is 10.2. The van der Waals surface area contributed by atoms with Crippen LogP contribution < -0.4 is 5.32 Å². The number of hydrogen-bond donors (Lipinski definition) is 1. The van der Waals surface area contributed by atoms with E-state index in [2.05, 4.69) is 31.4 Å². The van der Waals surface area contributed by atoms with Crippen molar-refractivity contribution in [3.63, 3.8) is 0 Å². The number of hydrogen-bond acceptors (Lipinski definition) is 4. The Morgan fingerprint density at radius 1 is 1.47 bits per heavy atom. The lowest BCUT2D eigenvalue weighted by Crippen LogP contribution is -2.10. The minimum absolute atomic E-state index is 0.477. The minimum atomic E-state index is 0.477. The van der Waals surface area contributed by atoms with Gasteiger partial charge in [-0.25, -0.2) is 0 Å². The zero-order valence-corrected chi connectivity index (χ0v) is 11.5. The molecule has 0 aliphatic heterocycles. The second-order valence-electron chi connectivity index (χ2n) is 3.49. The zero-order valence-electron chi connectivity index (χ0n) is 9.20. The highest BCUT2D eigenvalue weighted by molar-refractivity contribution is 9.10. The largest absolute Gasteiger partial charge is 0.334 e. The molecular weight excluding hydrogens is 305 g/mol. The van der Waals surface area contributed by atoms with Crippen LogP contribution in [-0.2, 0) is 6.42 Å². The summed E-state index contributed by atoms with van der Waals surface area (Å²) in [6, 6.07) is 5.45. The Bertz CT molecular complexity index is 515. The van der Waals surface area contributed by atoms with E-state index < -0.39 is 0 Å². The minimum Gasteiger partial charge on any atom is -0.334 e. The molecule has 6 heteroatoms. The predicted octanol–water partition coefficient (Wildman–Crippen LogP) is 2.91. The summed E-state index contributed by atoms with van der Waals surface area (Å²) in [6.07, 6.45) is 0.734. The van der Waals surface area contributed by atoms with Gasteiger partial charge >= 0.3 is 0 Å². The SMILES string of the molecule is CNCCc1noc(-c2cc(Cl)ccc2Br)n1. The maximum atomic E-state index is 5.94. The molecule has 1 aromatic carbocycles. The van der Waals surface area contributed by atoms with Gasteiger partial charge in [0.15, 0.2) is 5.82 Å². The first-order valence-electron chi connectivity index (χ1n) is 5.13. The summed E-state index contributed by atoms with van der Waals surface area (Å²) >= 11 is 9.37. The van der Waals surface area contributed by atoms with E-state index in [0.29, 0.717) is 16.7 Å². The molecule has 1 N–H and O–H groups in total. The molecule has 90 valence electrons. The van der Waals surface area contributed by atoms with Crippen molar-refractivity contribution in [3.05, 3.63) is 33.5 Å². The second-order valence-corrected chi connectivity index (χ2v) is 4.78. The lowest BCUT2D eigenvalue weighted by Gasteiger charge is -1.98. The van der Waals surface area contributed by atoms with Crippen LogP contribution in [0.5, 0.6) is 0 Å². The molecule has 0 aliphatic rings. The fourth-order valence-electron chi connectivity index (χ4n) is 1.36. The molecule has 0 unspecified atom stereocenters. The van der Waals surface area contributed by atoms with Gasteiger partial charge in [-0.2, -0.15) is 4.98 Å². The van der Waals surface area contributed by atoms with Crippen molar-refractivity contribution in [2.75, 3.05) is 13.6 Å². The van der Waals surface area contributed by atoms with Crippen LogP contribution in [0, 0.1) is 0 Å². The Morgan fingerprint density at radius 3 is 3.06 bits per heavy atom. The van der Waals surface area contributed by atoms with Crippen molar-refractivity contribution < 1.29 is 4.52 Å². The molecule has 1 aromatic heterocycles. The van der Waals surface area contributed by atoms with Gasteiger partial charge in [-0.05, 0) is 41.2 Å². The number of likely N-dealkylation sites (N-methyl/N-ethyl adjacent to an activating group) is 1. The molecule has 4 nitrogen and oxygen atoms in total. The number of rotatable bonds is 4. The Morgan fingerprint density at radius 2 is 2.29 bits per heavy atom. The van der Waals surface area contributed by atoms with Crippen molar-refractivity contribution in [1.29, 1.82) is 0 Å². The molecule has 0 atom stereocenters. The number of benzene rings is 1. The second kappa shape index (κ2) is 5.62. The molecule has 0 amide bonds. The third-order valence-corrected chi connectivity index (χ3v) is 3.15. The predicted molar refractivity (Wildman–Crippen MR) is 70.1 cm³/mol. The molecule has 0 aliphatic carbocycles. The summed E-state index contributed by atoms with van der Waals surface area (Å²) in [4.78, 5) is 4.31. The molecule has 0 fully saturated rings. The normalized spacial score (nSPS) is 10.8. The van der Waals surface area contributed by atoms with Crippen molar-refractivity contribution >= 4 is 27.5 Å². The van der Waals surface area contributed by atoms with Crippen LogP contribution in [0.2, 0.25) is 5.02 Å². The summed E-state index contributed by atoms with van der Waals surface area (Å²) in [5.74, 6) is 1.16. The van der Waals surface area contributed by atoms with Gasteiger partial charge in [-0.3, -0.25) is 0 Å². The average Bonchev–Trinajstić information content (AvgIpc) is 2.78. The molecule has 0 spiro atoms. The van der Waals surface area contributed by atoms with Gasteiger partial charge in [0, 0.05) is 22.5 Å². The molecule has 0 saturated heterocycles. The van der Waals surface area contributed by atoms with E-state index in [-0.39, 0.29) is 0 Å². The van der Waals surface area contributed by atoms with Crippen molar-refractivity contribution in [2.24, 2.45) is 0 Å². The number of nitrogens with zero attached hydrogens (tertiary/aromatic N) is 2. The maximum Gasteiger partial charge on any atom is 0.259 e. The average molecular weight is 317 g/mol. The van der Waals surface area contributed by atoms with Crippen LogP contribution >= 0.6 is 27.5 Å². The van der Waals surface area contributed by atoms with Crippen LogP contribution in [0.1, 0.15) is 5.82 Å². The summed E-state index contributed by atoms with van der Waals surface area (Å²) in [5.41, 5.74) is 0.806. The van der Waals surface area contributed by atoms with E-state index in [9.17, 15) is 0 Å². The Balaban J connectivity index is 2.27. The highest BCUT2D eigenvalue weighted by Gasteiger charge is 2.12. The molecule has 2 rings (SSSR count). The molecule has 0 radical (unpaired) electrons. The van der Waals surface area contributed by atoms with Crippen LogP contribution in [0.4, 0.5) is 0 Å². The highest BCUT2D eigenvalue weighted by Crippen LogP contribution is 2.29. The van der Waals surface area contributed by atoms with Crippen LogP contribution in [0.3, 0.4) is 0 Å². The van der Waals surface area contributed by atoms with E-state index in [0.717, 1.165) is 23.0 Å². The van der Waals surface area contributed by atoms with Crippen molar-refractivity contribution in [2.45, 2.75) is 6.42 Å². The van der Waals surface area contributed by atoms with E-state index >= 15 is 0 Å². The molecule has 0 saturated carbocycles. The number of halogens is 2. The molecule has 17 heavy (non-hydrogen) atoms. The van der Waals surface area contributed by atoms with Crippen LogP contribution in [0.15, 0.2) is 27.2 Å². The Hall–Kier alpha value is -0.910. The standard InChI is InChI=1S/C11H11BrClN3O/c1-14-5-4-10-15-11(17-16-10)8-6-7(13)2-3-9(8)12/h2-3,6,14H,4-5H2,1H3. The van der Waals surface area contributed by atoms with Crippen LogP contribution in [0.25, 0.3) is 11.5 Å². The van der Waals surface area contributed by atoms with Crippen molar-refractivity contribution in [1.82, 2.24) is 15.5 Å². The van der Waals surface area contributed by atoms with E-state index in [4.69, 9.17) is 16.1 Å². The van der Waals surface area contributed by atoms with E-state index in [1.807, 2.05) is 13.1 Å². The molecular formula is C11H11BrClN3O. The van der Waals surface area contributed by atoms with Crippen LogP contribution in [-0.4, -0.2) is 23.7 Å². The maximum absolute atomic E-state index is 5.94. The summed E-state index contributed by atoms with van der Waals surface area (Å²) in [5, 5.41) is 7.58. The summed E-state index contributed by atoms with van der Waals surface area (Å²) in [7, 11) is 1.88. The fraction of sp³-hybridized carbons (Fsp3) is 0.273. The topological polar surface area (TPSA) is 51.0 Å². The van der Waals surface area contributed by atoms with Gasteiger partial charge in [-0.15, -0.1) is 0 Å². The number of nitrogens with one attached hydrogen (secondary N) is 1. The van der Waals surface area contributed by atoms with Gasteiger partial charge in [-0.1, -0.05) is 16.8 Å². The monoisotopic (exact) mass is 315 g/mol. The van der Waals surface area contributed by atoms with Crippen molar-refractivity contribution in [3.8, 4) is 11.5 Å². The first-order chi connectivity index (χ1) is 8.20. The smallest absolute Gasteiger partial charge is 0.259 e. The third-order valence-electron chi connectivity index (χ3n) is 2.23. The quantitative estimate of drug-likeness (QED) is 0.942. The molecule has 0 bridgehead atoms. The Labute approximate surface area is 112 Å². The first kappa shape index (κ1) is 12.5. The summed E-state index contributed by atoms with van der Waals surface area (Å²) < 4.78 is 6.09. The van der Waals surface area contributed by atoms with Gasteiger partial charge in [0.2, 0.25) is 0 Å². The van der Waals surface area contributed by atoms with Gasteiger partial charge in [0.25, 0.3) is 5.89 Å². The van der Waals surface area contributed by atoms with E-state index in [1.54, 1.807) is 12.1 Å². The first-order valence-corrected chi connectivity index (χ1v) is 6.30. The molecule has 2 aromatic rings. The third kappa shape index (κ3) is 3.06. The van der Waals surface area contributed by atoms with Gasteiger partial charge in [0.05, 0.1) is 5.56 Å². The lowest BCUT2D eigenvalue weighted by molar-refractivity contribution is 0.422. The zero-order chi connectivity index (χ0) is 12.3. The van der Waals surface area contributed by atoms with Gasteiger partial charge in [0.1, 0.15) is 0 Å². The van der Waals surface area contributed by atoms with Gasteiger partial charge < -0.3 is 9.84 Å². The fourth-order valence-corrected chi connectivity index (χ4v) is 1.95. The number of aromatic nitrogens is 2.